The van der Waals surface area contributed by atoms with Gasteiger partial charge in [0.1, 0.15) is 10.7 Å². The molecule has 7 heteroatoms. The highest BCUT2D eigenvalue weighted by Gasteiger charge is 2.20. The third kappa shape index (κ3) is 2.96. The van der Waals surface area contributed by atoms with Crippen molar-refractivity contribution in [2.45, 2.75) is 0 Å². The van der Waals surface area contributed by atoms with Crippen molar-refractivity contribution >= 4 is 28.7 Å². The van der Waals surface area contributed by atoms with Gasteiger partial charge in [-0.3, -0.25) is 4.79 Å². The monoisotopic (exact) mass is 327 g/mol. The number of carbonyl (C=O) groups is 1. The summed E-state index contributed by atoms with van der Waals surface area (Å²) in [6.07, 6.45) is 0. The van der Waals surface area contributed by atoms with Crippen molar-refractivity contribution in [3.8, 4) is 27.8 Å². The second-order valence-electron chi connectivity index (χ2n) is 3.98. The summed E-state index contributed by atoms with van der Waals surface area (Å²) in [4.78, 5) is 15.9. The quantitative estimate of drug-likeness (QED) is 0.602. The number of nitrogens with zero attached hydrogens (tertiary/aromatic N) is 1. The predicted molar refractivity (Wildman–Crippen MR) is 82.3 cm³/mol. The van der Waals surface area contributed by atoms with Gasteiger partial charge in [-0.05, 0) is 12.1 Å². The van der Waals surface area contributed by atoms with Crippen LogP contribution < -0.4 is 14.2 Å². The van der Waals surface area contributed by atoms with Crippen molar-refractivity contribution in [1.82, 2.24) is 4.98 Å². The van der Waals surface area contributed by atoms with Crippen molar-refractivity contribution in [2.75, 3.05) is 27.2 Å². The average molecular weight is 328 g/mol. The van der Waals surface area contributed by atoms with Crippen LogP contribution >= 0.6 is 22.9 Å². The van der Waals surface area contributed by atoms with E-state index in [2.05, 4.69) is 4.98 Å². The average Bonchev–Trinajstić information content (AvgIpc) is 3.02. The van der Waals surface area contributed by atoms with Gasteiger partial charge in [0.15, 0.2) is 17.3 Å². The number of carbonyl (C=O) groups excluding carboxylic acids is 1. The first-order valence-corrected chi connectivity index (χ1v) is 7.41. The molecule has 0 radical (unpaired) electrons. The summed E-state index contributed by atoms with van der Waals surface area (Å²) in [6, 6.07) is 3.58. The van der Waals surface area contributed by atoms with E-state index in [9.17, 15) is 4.79 Å². The Balaban J connectivity index is 2.53. The summed E-state index contributed by atoms with van der Waals surface area (Å²) in [5, 5.41) is 2.33. The van der Waals surface area contributed by atoms with Crippen LogP contribution in [-0.2, 0) is 0 Å². The number of hydrogen-bond acceptors (Lipinski definition) is 6. The Kier molecular flexibility index (Phi) is 5.03. The van der Waals surface area contributed by atoms with Crippen molar-refractivity contribution in [2.24, 2.45) is 0 Å². The molecule has 0 fully saturated rings. The summed E-state index contributed by atoms with van der Waals surface area (Å²) >= 11 is 6.88. The Morgan fingerprint density at radius 2 is 1.90 bits per heavy atom. The lowest BCUT2D eigenvalue weighted by atomic mass is 10.1. The molecule has 21 heavy (non-hydrogen) atoms. The van der Waals surface area contributed by atoms with Gasteiger partial charge >= 0.3 is 0 Å². The molecular weight excluding hydrogens is 314 g/mol. The Morgan fingerprint density at radius 1 is 1.19 bits per heavy atom. The molecule has 0 amide bonds. The molecule has 5 nitrogen and oxygen atoms in total. The molecule has 1 aromatic heterocycles. The molecule has 0 saturated heterocycles. The molecule has 2 aromatic rings. The second-order valence-corrected chi connectivity index (χ2v) is 5.10. The van der Waals surface area contributed by atoms with Crippen LogP contribution in [0.3, 0.4) is 0 Å². The lowest BCUT2D eigenvalue weighted by molar-refractivity contribution is 0.101. The molecule has 0 unspecified atom stereocenters. The van der Waals surface area contributed by atoms with Crippen LogP contribution in [0.2, 0.25) is 0 Å². The van der Waals surface area contributed by atoms with Crippen LogP contribution in [0.15, 0.2) is 17.5 Å². The number of thiazole rings is 1. The van der Waals surface area contributed by atoms with Crippen LogP contribution in [0.1, 0.15) is 10.5 Å². The van der Waals surface area contributed by atoms with Gasteiger partial charge < -0.3 is 14.2 Å². The first kappa shape index (κ1) is 15.6. The lowest BCUT2D eigenvalue weighted by Gasteiger charge is -2.14. The number of alkyl halides is 1. The van der Waals surface area contributed by atoms with E-state index in [-0.39, 0.29) is 11.7 Å². The Hall–Kier alpha value is -1.79. The number of benzene rings is 1. The molecule has 0 saturated carbocycles. The largest absolute Gasteiger partial charge is 0.493 e. The number of halogens is 1. The highest BCUT2D eigenvalue weighted by atomic mass is 35.5. The summed E-state index contributed by atoms with van der Waals surface area (Å²) in [5.74, 6) is 1.26. The second kappa shape index (κ2) is 6.78. The van der Waals surface area contributed by atoms with Crippen molar-refractivity contribution < 1.29 is 19.0 Å². The highest BCUT2D eigenvalue weighted by Crippen LogP contribution is 2.44. The molecule has 0 aliphatic carbocycles. The van der Waals surface area contributed by atoms with Crippen molar-refractivity contribution in [1.29, 1.82) is 0 Å². The van der Waals surface area contributed by atoms with Gasteiger partial charge in [-0.15, -0.1) is 22.9 Å². The van der Waals surface area contributed by atoms with E-state index < -0.39 is 0 Å². The molecule has 0 bridgehead atoms. The summed E-state index contributed by atoms with van der Waals surface area (Å²) in [5.41, 5.74) is 1.08. The third-order valence-corrected chi connectivity index (χ3v) is 3.96. The predicted octanol–water partition coefficient (Wildman–Crippen LogP) is 3.26. The summed E-state index contributed by atoms with van der Waals surface area (Å²) in [7, 11) is 4.63. The zero-order chi connectivity index (χ0) is 15.4. The van der Waals surface area contributed by atoms with E-state index >= 15 is 0 Å². The Morgan fingerprint density at radius 3 is 2.48 bits per heavy atom. The minimum atomic E-state index is -0.210. The van der Waals surface area contributed by atoms with Crippen molar-refractivity contribution in [3.05, 3.63) is 23.2 Å². The first-order valence-electron chi connectivity index (χ1n) is 6.00. The molecular formula is C14H14ClNO4S. The maximum Gasteiger partial charge on any atom is 0.204 e. The minimum Gasteiger partial charge on any atom is -0.493 e. The molecule has 2 rings (SSSR count). The number of hydrogen-bond donors (Lipinski definition) is 0. The number of methoxy groups -OCH3 is 3. The van der Waals surface area contributed by atoms with Crippen LogP contribution in [0, 0.1) is 0 Å². The number of ketones is 1. The van der Waals surface area contributed by atoms with Gasteiger partial charge in [-0.25, -0.2) is 4.98 Å². The standard InChI is InChI=1S/C14H14ClNO4S/c1-18-11-5-4-8(12(19-2)13(11)20-3)14-16-9(7-21-14)10(17)6-15/h4-5,7H,6H2,1-3H3. The van der Waals surface area contributed by atoms with E-state index in [0.29, 0.717) is 28.0 Å². The zero-order valence-electron chi connectivity index (χ0n) is 11.8. The molecule has 0 spiro atoms. The number of Topliss-reactive ketones (excluding diaryl/α,β-unsaturated/α-hetero) is 1. The normalized spacial score (nSPS) is 10.3. The van der Waals surface area contributed by atoms with E-state index in [1.54, 1.807) is 25.7 Å². The Bertz CT molecular complexity index is 656. The van der Waals surface area contributed by atoms with Crippen LogP contribution in [-0.4, -0.2) is 38.0 Å². The topological polar surface area (TPSA) is 57.7 Å². The SMILES string of the molecule is COc1ccc(-c2nc(C(=O)CCl)cs2)c(OC)c1OC. The minimum absolute atomic E-state index is 0.0910. The van der Waals surface area contributed by atoms with E-state index in [1.165, 1.54) is 18.4 Å². The highest BCUT2D eigenvalue weighted by molar-refractivity contribution is 7.13. The van der Waals surface area contributed by atoms with Crippen molar-refractivity contribution in [3.63, 3.8) is 0 Å². The van der Waals surface area contributed by atoms with Gasteiger partial charge in [0.05, 0.1) is 32.8 Å². The van der Waals surface area contributed by atoms with Gasteiger partial charge in [-0.2, -0.15) is 0 Å². The van der Waals surface area contributed by atoms with E-state index in [4.69, 9.17) is 25.8 Å². The smallest absolute Gasteiger partial charge is 0.204 e. The van der Waals surface area contributed by atoms with Gasteiger partial charge in [0.2, 0.25) is 5.75 Å². The maximum absolute atomic E-state index is 11.6. The van der Waals surface area contributed by atoms with E-state index in [1.807, 2.05) is 6.07 Å². The maximum atomic E-state index is 11.6. The Labute approximate surface area is 131 Å². The number of rotatable bonds is 6. The van der Waals surface area contributed by atoms with Gasteiger partial charge in [-0.1, -0.05) is 0 Å². The fourth-order valence-corrected chi connectivity index (χ4v) is 2.85. The molecule has 112 valence electrons. The molecule has 0 aliphatic heterocycles. The zero-order valence-corrected chi connectivity index (χ0v) is 13.4. The van der Waals surface area contributed by atoms with Gasteiger partial charge in [0, 0.05) is 5.38 Å². The lowest BCUT2D eigenvalue weighted by Crippen LogP contribution is -2.00. The molecule has 1 aromatic carbocycles. The molecule has 0 aliphatic rings. The first-order chi connectivity index (χ1) is 10.2. The summed E-state index contributed by atoms with van der Waals surface area (Å²) < 4.78 is 16.0. The molecule has 0 atom stereocenters. The molecule has 0 N–H and O–H groups in total. The summed E-state index contributed by atoms with van der Waals surface area (Å²) in [6.45, 7) is 0. The fourth-order valence-electron chi connectivity index (χ4n) is 1.86. The van der Waals surface area contributed by atoms with Crippen LogP contribution in [0.5, 0.6) is 17.2 Å². The fraction of sp³-hybridized carbons (Fsp3) is 0.286. The number of aromatic nitrogens is 1. The van der Waals surface area contributed by atoms with E-state index in [0.717, 1.165) is 5.56 Å². The third-order valence-electron chi connectivity index (χ3n) is 2.85. The van der Waals surface area contributed by atoms with Gasteiger partial charge in [0.25, 0.3) is 0 Å². The molecule has 1 heterocycles. The van der Waals surface area contributed by atoms with Crippen LogP contribution in [0.25, 0.3) is 10.6 Å². The van der Waals surface area contributed by atoms with Crippen LogP contribution in [0.4, 0.5) is 0 Å². The number of ether oxygens (including phenoxy) is 3.